The molecule has 6 heteroatoms. The summed E-state index contributed by atoms with van der Waals surface area (Å²) in [6, 6.07) is 16.0. The summed E-state index contributed by atoms with van der Waals surface area (Å²) < 4.78 is 5.80. The SMILES string of the molecule is Cc1ccccc1CSCC(=O)N/N=C\c1ccc(OC2CSC2)cc1. The van der Waals surface area contributed by atoms with E-state index in [1.165, 1.54) is 11.1 Å². The number of hydrogen-bond donors (Lipinski definition) is 1. The largest absolute Gasteiger partial charge is 0.489 e. The van der Waals surface area contributed by atoms with Crippen LogP contribution in [0.2, 0.25) is 0 Å². The van der Waals surface area contributed by atoms with Crippen LogP contribution >= 0.6 is 23.5 Å². The van der Waals surface area contributed by atoms with Gasteiger partial charge in [0.05, 0.1) is 12.0 Å². The lowest BCUT2D eigenvalue weighted by Crippen LogP contribution is -2.30. The Hall–Kier alpha value is -1.92. The van der Waals surface area contributed by atoms with Crippen molar-refractivity contribution >= 4 is 35.6 Å². The van der Waals surface area contributed by atoms with Gasteiger partial charge in [-0.2, -0.15) is 16.9 Å². The van der Waals surface area contributed by atoms with Gasteiger partial charge in [0.1, 0.15) is 11.9 Å². The van der Waals surface area contributed by atoms with Crippen molar-refractivity contribution in [3.05, 3.63) is 65.2 Å². The van der Waals surface area contributed by atoms with Crippen LogP contribution in [0.25, 0.3) is 0 Å². The van der Waals surface area contributed by atoms with E-state index in [2.05, 4.69) is 29.6 Å². The van der Waals surface area contributed by atoms with Crippen LogP contribution in [0.15, 0.2) is 53.6 Å². The van der Waals surface area contributed by atoms with Gasteiger partial charge in [-0.1, -0.05) is 24.3 Å². The monoisotopic (exact) mass is 386 g/mol. The van der Waals surface area contributed by atoms with E-state index in [-0.39, 0.29) is 5.91 Å². The second-order valence-electron chi connectivity index (χ2n) is 6.06. The zero-order valence-electron chi connectivity index (χ0n) is 14.7. The van der Waals surface area contributed by atoms with Crippen LogP contribution in [0.4, 0.5) is 0 Å². The first-order valence-corrected chi connectivity index (χ1v) is 10.8. The van der Waals surface area contributed by atoms with Crippen LogP contribution in [-0.2, 0) is 10.5 Å². The number of hydrazone groups is 1. The summed E-state index contributed by atoms with van der Waals surface area (Å²) in [7, 11) is 0. The summed E-state index contributed by atoms with van der Waals surface area (Å²) >= 11 is 3.48. The number of rotatable bonds is 8. The van der Waals surface area contributed by atoms with Gasteiger partial charge in [0.2, 0.25) is 5.91 Å². The Kier molecular flexibility index (Phi) is 7.03. The Morgan fingerprint density at radius 3 is 2.73 bits per heavy atom. The maximum absolute atomic E-state index is 11.9. The van der Waals surface area contributed by atoms with Crippen LogP contribution in [0, 0.1) is 6.92 Å². The molecule has 0 bridgehead atoms. The molecule has 0 saturated carbocycles. The van der Waals surface area contributed by atoms with Crippen molar-refractivity contribution in [2.45, 2.75) is 18.8 Å². The topological polar surface area (TPSA) is 50.7 Å². The molecule has 1 amide bonds. The number of amides is 1. The summed E-state index contributed by atoms with van der Waals surface area (Å²) in [5.41, 5.74) is 6.01. The fourth-order valence-electron chi connectivity index (χ4n) is 2.34. The van der Waals surface area contributed by atoms with Gasteiger partial charge in [0, 0.05) is 17.3 Å². The number of hydrogen-bond acceptors (Lipinski definition) is 5. The molecule has 2 aromatic carbocycles. The number of carbonyl (C=O) groups excluding carboxylic acids is 1. The van der Waals surface area contributed by atoms with E-state index >= 15 is 0 Å². The molecule has 1 aliphatic heterocycles. The Balaban J connectivity index is 1.37. The van der Waals surface area contributed by atoms with Gasteiger partial charge in [0.25, 0.3) is 0 Å². The lowest BCUT2D eigenvalue weighted by Gasteiger charge is -2.25. The van der Waals surface area contributed by atoms with E-state index in [4.69, 9.17) is 4.74 Å². The molecule has 1 fully saturated rings. The predicted molar refractivity (Wildman–Crippen MR) is 111 cm³/mol. The third-order valence-electron chi connectivity index (χ3n) is 3.95. The van der Waals surface area contributed by atoms with Crippen LogP contribution in [0.5, 0.6) is 5.75 Å². The minimum Gasteiger partial charge on any atom is -0.489 e. The Morgan fingerprint density at radius 1 is 1.27 bits per heavy atom. The number of carbonyl (C=O) groups is 1. The van der Waals surface area contributed by atoms with Crippen LogP contribution in [-0.4, -0.2) is 35.5 Å². The van der Waals surface area contributed by atoms with Gasteiger partial charge in [-0.3, -0.25) is 4.79 Å². The van der Waals surface area contributed by atoms with Crippen molar-refractivity contribution in [2.75, 3.05) is 17.3 Å². The number of thioether (sulfide) groups is 2. The first kappa shape index (κ1) is 18.9. The molecular formula is C20H22N2O2S2. The Bertz CT molecular complexity index is 759. The molecule has 136 valence electrons. The van der Waals surface area contributed by atoms with Crippen molar-refractivity contribution in [2.24, 2.45) is 5.10 Å². The first-order chi connectivity index (χ1) is 12.7. The highest BCUT2D eigenvalue weighted by molar-refractivity contribution is 8.00. The molecule has 1 heterocycles. The maximum Gasteiger partial charge on any atom is 0.250 e. The van der Waals surface area contributed by atoms with Crippen molar-refractivity contribution in [1.29, 1.82) is 0 Å². The summed E-state index contributed by atoms with van der Waals surface area (Å²) in [6.07, 6.45) is 1.99. The summed E-state index contributed by atoms with van der Waals surface area (Å²) in [5, 5.41) is 4.02. The van der Waals surface area contributed by atoms with E-state index in [0.717, 1.165) is 28.6 Å². The second-order valence-corrected chi connectivity index (χ2v) is 8.12. The van der Waals surface area contributed by atoms with Gasteiger partial charge in [-0.25, -0.2) is 5.43 Å². The quantitative estimate of drug-likeness (QED) is 0.553. The first-order valence-electron chi connectivity index (χ1n) is 8.49. The van der Waals surface area contributed by atoms with E-state index in [1.54, 1.807) is 18.0 Å². The minimum atomic E-state index is -0.0951. The standard InChI is InChI=1S/C20H22N2O2S2/c1-15-4-2-3-5-17(15)11-25-14-20(23)22-21-10-16-6-8-18(9-7-16)24-19-12-26-13-19/h2-10,19H,11-14H2,1H3,(H,22,23)/b21-10-. The smallest absolute Gasteiger partial charge is 0.250 e. The molecule has 3 rings (SSSR count). The van der Waals surface area contributed by atoms with Gasteiger partial charge in [-0.05, 0) is 47.9 Å². The maximum atomic E-state index is 11.9. The minimum absolute atomic E-state index is 0.0951. The normalized spacial score (nSPS) is 14.2. The fraction of sp³-hybridized carbons (Fsp3) is 0.300. The highest BCUT2D eigenvalue weighted by atomic mass is 32.2. The molecular weight excluding hydrogens is 364 g/mol. The molecule has 1 saturated heterocycles. The summed E-state index contributed by atoms with van der Waals surface area (Å²) in [5.74, 6) is 4.13. The van der Waals surface area contributed by atoms with E-state index < -0.39 is 0 Å². The van der Waals surface area contributed by atoms with Gasteiger partial charge >= 0.3 is 0 Å². The molecule has 0 spiro atoms. The van der Waals surface area contributed by atoms with Gasteiger partial charge < -0.3 is 4.74 Å². The van der Waals surface area contributed by atoms with E-state index in [9.17, 15) is 4.79 Å². The van der Waals surface area contributed by atoms with Crippen LogP contribution in [0.3, 0.4) is 0 Å². The van der Waals surface area contributed by atoms with Crippen molar-refractivity contribution < 1.29 is 9.53 Å². The highest BCUT2D eigenvalue weighted by Gasteiger charge is 2.19. The average molecular weight is 387 g/mol. The molecule has 0 aliphatic carbocycles. The molecule has 0 unspecified atom stereocenters. The fourth-order valence-corrected chi connectivity index (χ4v) is 3.80. The number of nitrogens with one attached hydrogen (secondary N) is 1. The van der Waals surface area contributed by atoms with Crippen LogP contribution in [0.1, 0.15) is 16.7 Å². The Labute approximate surface area is 162 Å². The van der Waals surface area contributed by atoms with Crippen molar-refractivity contribution in [1.82, 2.24) is 5.43 Å². The number of nitrogens with zero attached hydrogens (tertiary/aromatic N) is 1. The highest BCUT2D eigenvalue weighted by Crippen LogP contribution is 2.23. The number of aryl methyl sites for hydroxylation is 1. The van der Waals surface area contributed by atoms with Gasteiger partial charge in [-0.15, -0.1) is 11.8 Å². The third kappa shape index (κ3) is 5.81. The molecule has 26 heavy (non-hydrogen) atoms. The van der Waals surface area contributed by atoms with Gasteiger partial charge in [0.15, 0.2) is 0 Å². The number of ether oxygens (including phenoxy) is 1. The molecule has 2 aromatic rings. The number of benzene rings is 2. The molecule has 1 aliphatic rings. The van der Waals surface area contributed by atoms with Crippen molar-refractivity contribution in [3.63, 3.8) is 0 Å². The lowest BCUT2D eigenvalue weighted by atomic mass is 10.1. The summed E-state index contributed by atoms with van der Waals surface area (Å²) in [6.45, 7) is 2.09. The van der Waals surface area contributed by atoms with Crippen LogP contribution < -0.4 is 10.2 Å². The average Bonchev–Trinajstić information content (AvgIpc) is 2.61. The van der Waals surface area contributed by atoms with Crippen molar-refractivity contribution in [3.8, 4) is 5.75 Å². The van der Waals surface area contributed by atoms with E-state index in [0.29, 0.717) is 11.9 Å². The third-order valence-corrected chi connectivity index (χ3v) is 6.14. The Morgan fingerprint density at radius 2 is 2.04 bits per heavy atom. The predicted octanol–water partition coefficient (Wildman–Crippen LogP) is 3.87. The summed E-state index contributed by atoms with van der Waals surface area (Å²) in [4.78, 5) is 11.9. The van der Waals surface area contributed by atoms with E-state index in [1.807, 2.05) is 48.2 Å². The molecule has 1 N–H and O–H groups in total. The molecule has 4 nitrogen and oxygen atoms in total. The zero-order valence-corrected chi connectivity index (χ0v) is 16.3. The molecule has 0 radical (unpaired) electrons. The molecule has 0 aromatic heterocycles. The second kappa shape index (κ2) is 9.69. The lowest BCUT2D eigenvalue weighted by molar-refractivity contribution is -0.118. The zero-order chi connectivity index (χ0) is 18.2. The molecule has 0 atom stereocenters.